The lowest BCUT2D eigenvalue weighted by Crippen LogP contribution is -2.46. The molecule has 0 bridgehead atoms. The standard InChI is InChI=1S/C17H18N2O3/c18-10-11-4-3-6-13(8-11)16(20)19-14-7-2-1-5-12(14)9-15(19)17(21)22/h3-4,6,8,12,14-15H,1-2,5,7,9H2,(H,21,22). The molecule has 0 aromatic heterocycles. The molecule has 1 aromatic carbocycles. The average Bonchev–Trinajstić information content (AvgIpc) is 2.94. The maximum absolute atomic E-state index is 12.8. The number of aliphatic carboxylic acids is 1. The van der Waals surface area contributed by atoms with Crippen molar-refractivity contribution in [3.8, 4) is 6.07 Å². The second-order valence-corrected chi connectivity index (χ2v) is 6.11. The Kier molecular flexibility index (Phi) is 3.84. The highest BCUT2D eigenvalue weighted by Gasteiger charge is 2.47. The molecule has 1 aliphatic heterocycles. The zero-order chi connectivity index (χ0) is 15.7. The van der Waals surface area contributed by atoms with Crippen LogP contribution in [-0.4, -0.2) is 34.0 Å². The first-order valence-corrected chi connectivity index (χ1v) is 7.67. The fourth-order valence-electron chi connectivity index (χ4n) is 3.84. The van der Waals surface area contributed by atoms with Crippen LogP contribution in [0.4, 0.5) is 0 Å². The third-order valence-corrected chi connectivity index (χ3v) is 4.85. The monoisotopic (exact) mass is 298 g/mol. The summed E-state index contributed by atoms with van der Waals surface area (Å²) in [6, 6.07) is 7.78. The molecule has 114 valence electrons. The number of carbonyl (C=O) groups excluding carboxylic acids is 1. The van der Waals surface area contributed by atoms with Gasteiger partial charge in [-0.25, -0.2) is 4.79 Å². The van der Waals surface area contributed by atoms with Crippen molar-refractivity contribution in [1.82, 2.24) is 4.90 Å². The van der Waals surface area contributed by atoms with E-state index in [1.54, 1.807) is 23.1 Å². The Morgan fingerprint density at radius 3 is 2.77 bits per heavy atom. The summed E-state index contributed by atoms with van der Waals surface area (Å²) in [6.45, 7) is 0. The van der Waals surface area contributed by atoms with Crippen molar-refractivity contribution < 1.29 is 14.7 Å². The number of hydrogen-bond acceptors (Lipinski definition) is 3. The lowest BCUT2D eigenvalue weighted by Gasteiger charge is -2.33. The maximum Gasteiger partial charge on any atom is 0.326 e. The van der Waals surface area contributed by atoms with Gasteiger partial charge in [-0.15, -0.1) is 0 Å². The summed E-state index contributed by atoms with van der Waals surface area (Å²) in [5.74, 6) is -0.906. The smallest absolute Gasteiger partial charge is 0.326 e. The quantitative estimate of drug-likeness (QED) is 0.909. The summed E-state index contributed by atoms with van der Waals surface area (Å²) >= 11 is 0. The molecular formula is C17H18N2O3. The summed E-state index contributed by atoms with van der Waals surface area (Å²) in [6.07, 6.45) is 4.56. The molecule has 1 amide bonds. The van der Waals surface area contributed by atoms with Crippen molar-refractivity contribution in [3.05, 3.63) is 35.4 Å². The van der Waals surface area contributed by atoms with Crippen molar-refractivity contribution in [2.75, 3.05) is 0 Å². The molecule has 5 heteroatoms. The van der Waals surface area contributed by atoms with E-state index in [-0.39, 0.29) is 17.9 Å². The fourth-order valence-corrected chi connectivity index (χ4v) is 3.84. The summed E-state index contributed by atoms with van der Waals surface area (Å²) < 4.78 is 0. The maximum atomic E-state index is 12.8. The molecule has 3 unspecified atom stereocenters. The highest BCUT2D eigenvalue weighted by molar-refractivity contribution is 5.97. The zero-order valence-corrected chi connectivity index (χ0v) is 12.2. The Morgan fingerprint density at radius 1 is 1.27 bits per heavy atom. The van der Waals surface area contributed by atoms with Crippen LogP contribution in [-0.2, 0) is 4.79 Å². The van der Waals surface area contributed by atoms with E-state index in [9.17, 15) is 14.7 Å². The number of carbonyl (C=O) groups is 2. The number of nitrogens with zero attached hydrogens (tertiary/aromatic N) is 2. The Balaban J connectivity index is 1.93. The van der Waals surface area contributed by atoms with Crippen LogP contribution in [0.5, 0.6) is 0 Å². The van der Waals surface area contributed by atoms with Crippen LogP contribution < -0.4 is 0 Å². The molecule has 0 radical (unpaired) electrons. The molecular weight excluding hydrogens is 280 g/mol. The molecule has 2 fully saturated rings. The highest BCUT2D eigenvalue weighted by atomic mass is 16.4. The van der Waals surface area contributed by atoms with E-state index in [1.807, 2.05) is 6.07 Å². The lowest BCUT2D eigenvalue weighted by atomic mass is 9.84. The van der Waals surface area contributed by atoms with Gasteiger partial charge >= 0.3 is 5.97 Å². The van der Waals surface area contributed by atoms with Gasteiger partial charge in [0.2, 0.25) is 0 Å². The van der Waals surface area contributed by atoms with Crippen molar-refractivity contribution in [3.63, 3.8) is 0 Å². The van der Waals surface area contributed by atoms with E-state index in [0.29, 0.717) is 17.5 Å². The second-order valence-electron chi connectivity index (χ2n) is 6.11. The first-order valence-electron chi connectivity index (χ1n) is 7.67. The molecule has 1 saturated carbocycles. The van der Waals surface area contributed by atoms with Gasteiger partial charge in [-0.1, -0.05) is 18.9 Å². The Labute approximate surface area is 129 Å². The Hall–Kier alpha value is -2.35. The third-order valence-electron chi connectivity index (χ3n) is 4.85. The number of benzene rings is 1. The molecule has 1 aliphatic carbocycles. The minimum atomic E-state index is -0.931. The van der Waals surface area contributed by atoms with Crippen LogP contribution in [0, 0.1) is 17.2 Å². The van der Waals surface area contributed by atoms with Crippen molar-refractivity contribution >= 4 is 11.9 Å². The first-order chi connectivity index (χ1) is 10.6. The highest BCUT2D eigenvalue weighted by Crippen LogP contribution is 2.40. The predicted octanol–water partition coefficient (Wildman–Crippen LogP) is 2.42. The molecule has 22 heavy (non-hydrogen) atoms. The molecule has 1 aromatic rings. The number of carboxylic acid groups (broad SMARTS) is 1. The third kappa shape index (κ3) is 2.45. The topological polar surface area (TPSA) is 81.4 Å². The van der Waals surface area contributed by atoms with Gasteiger partial charge in [0.1, 0.15) is 6.04 Å². The van der Waals surface area contributed by atoms with Gasteiger partial charge in [-0.3, -0.25) is 4.79 Å². The molecule has 3 atom stereocenters. The van der Waals surface area contributed by atoms with Gasteiger partial charge in [0.25, 0.3) is 5.91 Å². The van der Waals surface area contributed by atoms with E-state index in [2.05, 4.69) is 0 Å². The number of carboxylic acids is 1. The molecule has 5 nitrogen and oxygen atoms in total. The molecule has 3 rings (SSSR count). The van der Waals surface area contributed by atoms with E-state index >= 15 is 0 Å². The lowest BCUT2D eigenvalue weighted by molar-refractivity contribution is -0.141. The molecule has 2 aliphatic rings. The van der Waals surface area contributed by atoms with Crippen LogP contribution >= 0.6 is 0 Å². The van der Waals surface area contributed by atoms with Crippen LogP contribution in [0.3, 0.4) is 0 Å². The Bertz CT molecular complexity index is 650. The van der Waals surface area contributed by atoms with Gasteiger partial charge in [0, 0.05) is 11.6 Å². The normalized spacial score (nSPS) is 27.0. The minimum Gasteiger partial charge on any atom is -0.480 e. The number of fused-ring (bicyclic) bond motifs is 1. The summed E-state index contributed by atoms with van der Waals surface area (Å²) in [7, 11) is 0. The van der Waals surface area contributed by atoms with Crippen molar-refractivity contribution in [2.24, 2.45) is 5.92 Å². The van der Waals surface area contributed by atoms with Crippen LogP contribution in [0.15, 0.2) is 24.3 Å². The largest absolute Gasteiger partial charge is 0.480 e. The Morgan fingerprint density at radius 2 is 2.05 bits per heavy atom. The van der Waals surface area contributed by atoms with Gasteiger partial charge in [0.05, 0.1) is 11.6 Å². The van der Waals surface area contributed by atoms with Crippen molar-refractivity contribution in [2.45, 2.75) is 44.2 Å². The number of likely N-dealkylation sites (tertiary alicyclic amines) is 1. The van der Waals surface area contributed by atoms with E-state index in [4.69, 9.17) is 5.26 Å². The van der Waals surface area contributed by atoms with Gasteiger partial charge in [-0.05, 0) is 43.4 Å². The fraction of sp³-hybridized carbons (Fsp3) is 0.471. The van der Waals surface area contributed by atoms with Gasteiger partial charge < -0.3 is 10.0 Å². The van der Waals surface area contributed by atoms with Crippen molar-refractivity contribution in [1.29, 1.82) is 5.26 Å². The van der Waals surface area contributed by atoms with Crippen LogP contribution in [0.25, 0.3) is 0 Å². The van der Waals surface area contributed by atoms with Crippen LogP contribution in [0.2, 0.25) is 0 Å². The van der Waals surface area contributed by atoms with E-state index in [1.165, 1.54) is 6.07 Å². The number of hydrogen-bond donors (Lipinski definition) is 1. The van der Waals surface area contributed by atoms with E-state index in [0.717, 1.165) is 25.7 Å². The summed E-state index contributed by atoms with van der Waals surface area (Å²) in [5.41, 5.74) is 0.814. The number of nitriles is 1. The van der Waals surface area contributed by atoms with Crippen LogP contribution in [0.1, 0.15) is 48.0 Å². The molecule has 0 spiro atoms. The van der Waals surface area contributed by atoms with E-state index < -0.39 is 12.0 Å². The van der Waals surface area contributed by atoms with Gasteiger partial charge in [0.15, 0.2) is 0 Å². The molecule has 1 saturated heterocycles. The molecule has 1 N–H and O–H groups in total. The average molecular weight is 298 g/mol. The molecule has 1 heterocycles. The minimum absolute atomic E-state index is 0.0214. The van der Waals surface area contributed by atoms with Gasteiger partial charge in [-0.2, -0.15) is 5.26 Å². The number of rotatable bonds is 2. The first kappa shape index (κ1) is 14.6. The zero-order valence-electron chi connectivity index (χ0n) is 12.2. The second kappa shape index (κ2) is 5.80. The SMILES string of the molecule is N#Cc1cccc(C(=O)N2C(C(=O)O)CC3CCCCC32)c1. The predicted molar refractivity (Wildman–Crippen MR) is 79.1 cm³/mol. The summed E-state index contributed by atoms with van der Waals surface area (Å²) in [5, 5.41) is 18.4. The summed E-state index contributed by atoms with van der Waals surface area (Å²) in [4.78, 5) is 26.0. The number of amides is 1.